The van der Waals surface area contributed by atoms with Gasteiger partial charge in [0.05, 0.1) is 0 Å². The summed E-state index contributed by atoms with van der Waals surface area (Å²) < 4.78 is 13.6. The lowest BCUT2D eigenvalue weighted by atomic mass is 9.86. The fourth-order valence-corrected chi connectivity index (χ4v) is 3.12. The minimum Gasteiger partial charge on any atom is -0.311 e. The molecule has 0 aromatic heterocycles. The first-order chi connectivity index (χ1) is 7.33. The normalized spacial score (nSPS) is 34.3. The standard InChI is InChI=1S/C13H16FN/c14-13-4-2-1-3-12(13)9-7-10-5-6-11(8-9)15-10/h1-4,9-11,15H,5-8H2. The highest BCUT2D eigenvalue weighted by molar-refractivity contribution is 5.23. The van der Waals surface area contributed by atoms with Crippen LogP contribution in [0.2, 0.25) is 0 Å². The molecule has 15 heavy (non-hydrogen) atoms. The molecule has 2 aliphatic heterocycles. The predicted octanol–water partition coefficient (Wildman–Crippen LogP) is 2.82. The van der Waals surface area contributed by atoms with E-state index in [1.807, 2.05) is 12.1 Å². The molecule has 2 fully saturated rings. The van der Waals surface area contributed by atoms with Crippen molar-refractivity contribution < 1.29 is 4.39 Å². The highest BCUT2D eigenvalue weighted by Crippen LogP contribution is 2.37. The molecule has 0 amide bonds. The summed E-state index contributed by atoms with van der Waals surface area (Å²) in [6, 6.07) is 8.52. The molecule has 80 valence electrons. The second-order valence-corrected chi connectivity index (χ2v) is 4.83. The van der Waals surface area contributed by atoms with Crippen molar-refractivity contribution in [3.8, 4) is 0 Å². The van der Waals surface area contributed by atoms with Crippen LogP contribution in [0.25, 0.3) is 0 Å². The van der Waals surface area contributed by atoms with E-state index in [0.717, 1.165) is 18.4 Å². The summed E-state index contributed by atoms with van der Waals surface area (Å²) in [6.07, 6.45) is 4.76. The van der Waals surface area contributed by atoms with Gasteiger partial charge in [-0.25, -0.2) is 4.39 Å². The third-order valence-electron chi connectivity index (χ3n) is 3.82. The van der Waals surface area contributed by atoms with E-state index < -0.39 is 0 Å². The van der Waals surface area contributed by atoms with Gasteiger partial charge in [0.2, 0.25) is 0 Å². The lowest BCUT2D eigenvalue weighted by Crippen LogP contribution is -2.37. The van der Waals surface area contributed by atoms with Gasteiger partial charge in [-0.3, -0.25) is 0 Å². The SMILES string of the molecule is Fc1ccccc1C1CC2CCC(C1)N2. The van der Waals surface area contributed by atoms with Crippen LogP contribution in [0.5, 0.6) is 0 Å². The molecule has 1 N–H and O–H groups in total. The van der Waals surface area contributed by atoms with Crippen molar-refractivity contribution in [2.75, 3.05) is 0 Å². The number of benzene rings is 1. The van der Waals surface area contributed by atoms with Gasteiger partial charge in [0, 0.05) is 12.1 Å². The van der Waals surface area contributed by atoms with Crippen LogP contribution in [0.1, 0.15) is 37.2 Å². The predicted molar refractivity (Wildman–Crippen MR) is 58.3 cm³/mol. The van der Waals surface area contributed by atoms with E-state index in [4.69, 9.17) is 0 Å². The van der Waals surface area contributed by atoms with Gasteiger partial charge in [0.15, 0.2) is 0 Å². The molecular formula is C13H16FN. The Morgan fingerprint density at radius 3 is 2.40 bits per heavy atom. The maximum absolute atomic E-state index is 13.6. The molecule has 3 rings (SSSR count). The summed E-state index contributed by atoms with van der Waals surface area (Å²) >= 11 is 0. The molecule has 1 nitrogen and oxygen atoms in total. The van der Waals surface area contributed by atoms with Crippen LogP contribution in [-0.2, 0) is 0 Å². The molecule has 2 heterocycles. The van der Waals surface area contributed by atoms with Crippen LogP contribution >= 0.6 is 0 Å². The van der Waals surface area contributed by atoms with Crippen LogP contribution in [0, 0.1) is 5.82 Å². The Labute approximate surface area is 89.7 Å². The molecule has 2 heteroatoms. The average Bonchev–Trinajstić information content (AvgIpc) is 2.58. The Bertz CT molecular complexity index is 351. The van der Waals surface area contributed by atoms with Crippen LogP contribution in [-0.4, -0.2) is 12.1 Å². The smallest absolute Gasteiger partial charge is 0.126 e. The second-order valence-electron chi connectivity index (χ2n) is 4.83. The van der Waals surface area contributed by atoms with E-state index in [2.05, 4.69) is 5.32 Å². The Balaban J connectivity index is 1.86. The highest BCUT2D eigenvalue weighted by atomic mass is 19.1. The van der Waals surface area contributed by atoms with Crippen molar-refractivity contribution in [2.45, 2.75) is 43.7 Å². The zero-order valence-electron chi connectivity index (χ0n) is 8.75. The van der Waals surface area contributed by atoms with Gasteiger partial charge in [-0.15, -0.1) is 0 Å². The number of hydrogen-bond acceptors (Lipinski definition) is 1. The monoisotopic (exact) mass is 205 g/mol. The molecule has 2 saturated heterocycles. The number of fused-ring (bicyclic) bond motifs is 2. The maximum atomic E-state index is 13.6. The Hall–Kier alpha value is -0.890. The quantitative estimate of drug-likeness (QED) is 0.743. The molecule has 2 aliphatic rings. The fourth-order valence-electron chi connectivity index (χ4n) is 3.12. The zero-order valence-corrected chi connectivity index (χ0v) is 8.75. The van der Waals surface area contributed by atoms with E-state index in [-0.39, 0.29) is 5.82 Å². The fraction of sp³-hybridized carbons (Fsp3) is 0.538. The second kappa shape index (κ2) is 3.60. The first-order valence-corrected chi connectivity index (χ1v) is 5.83. The number of piperidine rings is 1. The van der Waals surface area contributed by atoms with Crippen LogP contribution in [0.3, 0.4) is 0 Å². The van der Waals surface area contributed by atoms with Crippen molar-refractivity contribution in [3.05, 3.63) is 35.6 Å². The summed E-state index contributed by atoms with van der Waals surface area (Å²) in [5.41, 5.74) is 0.927. The van der Waals surface area contributed by atoms with Gasteiger partial charge in [-0.2, -0.15) is 0 Å². The van der Waals surface area contributed by atoms with Crippen molar-refractivity contribution >= 4 is 0 Å². The maximum Gasteiger partial charge on any atom is 0.126 e. The van der Waals surface area contributed by atoms with Gasteiger partial charge in [0.1, 0.15) is 5.82 Å². The van der Waals surface area contributed by atoms with Crippen LogP contribution in [0.15, 0.2) is 24.3 Å². The minimum atomic E-state index is -0.0243. The topological polar surface area (TPSA) is 12.0 Å². The Morgan fingerprint density at radius 1 is 1.07 bits per heavy atom. The van der Waals surface area contributed by atoms with Gasteiger partial charge < -0.3 is 5.32 Å². The molecular weight excluding hydrogens is 189 g/mol. The highest BCUT2D eigenvalue weighted by Gasteiger charge is 2.34. The molecule has 1 aromatic rings. The minimum absolute atomic E-state index is 0.0243. The third-order valence-corrected chi connectivity index (χ3v) is 3.82. The molecule has 0 radical (unpaired) electrons. The van der Waals surface area contributed by atoms with Gasteiger partial charge >= 0.3 is 0 Å². The van der Waals surface area contributed by atoms with E-state index in [1.165, 1.54) is 12.8 Å². The number of hydrogen-bond donors (Lipinski definition) is 1. The number of nitrogens with one attached hydrogen (secondary N) is 1. The number of halogens is 1. The van der Waals surface area contributed by atoms with Gasteiger partial charge in [-0.1, -0.05) is 18.2 Å². The molecule has 2 atom stereocenters. The first-order valence-electron chi connectivity index (χ1n) is 5.83. The van der Waals surface area contributed by atoms with Crippen LogP contribution < -0.4 is 5.32 Å². The van der Waals surface area contributed by atoms with Crippen molar-refractivity contribution in [1.82, 2.24) is 5.32 Å². The summed E-state index contributed by atoms with van der Waals surface area (Å²) in [4.78, 5) is 0. The summed E-state index contributed by atoms with van der Waals surface area (Å²) in [5, 5.41) is 3.59. The average molecular weight is 205 g/mol. The third kappa shape index (κ3) is 1.67. The Kier molecular flexibility index (Phi) is 2.24. The van der Waals surface area contributed by atoms with E-state index in [1.54, 1.807) is 12.1 Å². The molecule has 2 bridgehead atoms. The van der Waals surface area contributed by atoms with Crippen molar-refractivity contribution in [1.29, 1.82) is 0 Å². The van der Waals surface area contributed by atoms with Gasteiger partial charge in [0.25, 0.3) is 0 Å². The molecule has 0 spiro atoms. The van der Waals surface area contributed by atoms with Crippen LogP contribution in [0.4, 0.5) is 4.39 Å². The zero-order chi connectivity index (χ0) is 10.3. The molecule has 1 aromatic carbocycles. The summed E-state index contributed by atoms with van der Waals surface area (Å²) in [5.74, 6) is 0.411. The Morgan fingerprint density at radius 2 is 1.73 bits per heavy atom. The molecule has 0 aliphatic carbocycles. The van der Waals surface area contributed by atoms with E-state index in [0.29, 0.717) is 18.0 Å². The van der Waals surface area contributed by atoms with Crippen molar-refractivity contribution in [3.63, 3.8) is 0 Å². The first kappa shape index (κ1) is 9.34. The lowest BCUT2D eigenvalue weighted by Gasteiger charge is -2.29. The summed E-state index contributed by atoms with van der Waals surface area (Å²) in [6.45, 7) is 0. The van der Waals surface area contributed by atoms with Crippen molar-refractivity contribution in [2.24, 2.45) is 0 Å². The molecule has 2 unspecified atom stereocenters. The largest absolute Gasteiger partial charge is 0.311 e. The number of rotatable bonds is 1. The molecule has 0 saturated carbocycles. The van der Waals surface area contributed by atoms with Gasteiger partial charge in [-0.05, 0) is 43.2 Å². The van der Waals surface area contributed by atoms with E-state index in [9.17, 15) is 4.39 Å². The summed E-state index contributed by atoms with van der Waals surface area (Å²) in [7, 11) is 0. The van der Waals surface area contributed by atoms with E-state index >= 15 is 0 Å². The lowest BCUT2D eigenvalue weighted by molar-refractivity contribution is 0.356.